The summed E-state index contributed by atoms with van der Waals surface area (Å²) < 4.78 is 1.03. The normalized spacial score (nSPS) is 9.97. The van der Waals surface area contributed by atoms with Crippen molar-refractivity contribution >= 4 is 23.1 Å². The monoisotopic (exact) mass is 424 g/mol. The molecule has 2 aromatic carbocycles. The first-order valence-electron chi connectivity index (χ1n) is 9.82. The first kappa shape index (κ1) is 22.0. The van der Waals surface area contributed by atoms with Crippen molar-refractivity contribution in [2.24, 2.45) is 0 Å². The largest absolute Gasteiger partial charge is 0.335 e. The lowest BCUT2D eigenvalue weighted by atomic mass is 10.0. The maximum atomic E-state index is 12.7. The molecule has 0 aliphatic carbocycles. The Labute approximate surface area is 185 Å². The van der Waals surface area contributed by atoms with Crippen LogP contribution in [0.25, 0.3) is 0 Å². The van der Waals surface area contributed by atoms with Crippen LogP contribution in [0.15, 0.2) is 41.2 Å². The molecule has 0 aliphatic heterocycles. The molecule has 0 unspecified atom stereocenters. The number of aryl methyl sites for hydroxylation is 3. The lowest BCUT2D eigenvalue weighted by molar-refractivity contribution is 0.653. The van der Waals surface area contributed by atoms with E-state index < -0.39 is 5.56 Å². The van der Waals surface area contributed by atoms with E-state index in [0.29, 0.717) is 24.1 Å². The number of anilines is 4. The molecule has 0 fully saturated rings. The van der Waals surface area contributed by atoms with Gasteiger partial charge in [0, 0.05) is 17.8 Å². The minimum atomic E-state index is -0.540. The van der Waals surface area contributed by atoms with Gasteiger partial charge in [-0.1, -0.05) is 12.1 Å². The summed E-state index contributed by atoms with van der Waals surface area (Å²) in [5.41, 5.74) is 4.27. The SMILES string of the molecule is Cc1cc(CCC#N)cc(C)c1Nc1nc(Nc2ccc(C#N)cc2)c(=O)n(CC#N)n1. The number of benzene rings is 2. The molecule has 0 saturated heterocycles. The van der Waals surface area contributed by atoms with Gasteiger partial charge in [0.25, 0.3) is 0 Å². The van der Waals surface area contributed by atoms with Crippen LogP contribution in [-0.4, -0.2) is 14.8 Å². The second-order valence-electron chi connectivity index (χ2n) is 7.11. The zero-order valence-electron chi connectivity index (χ0n) is 17.7. The topological polar surface area (TPSA) is 143 Å². The van der Waals surface area contributed by atoms with Crippen molar-refractivity contribution in [1.82, 2.24) is 14.8 Å². The average molecular weight is 424 g/mol. The second kappa shape index (κ2) is 9.88. The number of rotatable bonds is 7. The summed E-state index contributed by atoms with van der Waals surface area (Å²) in [6.45, 7) is 3.64. The van der Waals surface area contributed by atoms with Gasteiger partial charge in [-0.05, 0) is 61.2 Å². The smallest absolute Gasteiger partial charge is 0.310 e. The van der Waals surface area contributed by atoms with Crippen LogP contribution in [0, 0.1) is 47.8 Å². The molecule has 1 heterocycles. The highest BCUT2D eigenvalue weighted by Gasteiger charge is 2.13. The lowest BCUT2D eigenvalue weighted by Crippen LogP contribution is -2.27. The van der Waals surface area contributed by atoms with Crippen LogP contribution in [0.3, 0.4) is 0 Å². The Hall–Kier alpha value is -4.68. The molecule has 0 aliphatic rings. The number of nitrogens with one attached hydrogen (secondary N) is 2. The van der Waals surface area contributed by atoms with Gasteiger partial charge in [-0.15, -0.1) is 5.10 Å². The molecule has 0 spiro atoms. The molecule has 2 N–H and O–H groups in total. The zero-order chi connectivity index (χ0) is 23.1. The van der Waals surface area contributed by atoms with Crippen LogP contribution in [0.5, 0.6) is 0 Å². The quantitative estimate of drug-likeness (QED) is 0.585. The summed E-state index contributed by atoms with van der Waals surface area (Å²) in [5, 5.41) is 37.1. The molecule has 1 aromatic heterocycles. The minimum absolute atomic E-state index is 0.00315. The maximum Gasteiger partial charge on any atom is 0.310 e. The highest BCUT2D eigenvalue weighted by Crippen LogP contribution is 2.25. The van der Waals surface area contributed by atoms with E-state index in [-0.39, 0.29) is 18.3 Å². The van der Waals surface area contributed by atoms with Crippen LogP contribution >= 0.6 is 0 Å². The molecule has 0 amide bonds. The van der Waals surface area contributed by atoms with Gasteiger partial charge in [0.1, 0.15) is 6.54 Å². The number of hydrogen-bond donors (Lipinski definition) is 2. The molecule has 158 valence electrons. The van der Waals surface area contributed by atoms with E-state index >= 15 is 0 Å². The predicted octanol–water partition coefficient (Wildman–Crippen LogP) is 3.59. The summed E-state index contributed by atoms with van der Waals surface area (Å²) >= 11 is 0. The number of nitrogens with zero attached hydrogens (tertiary/aromatic N) is 6. The van der Waals surface area contributed by atoms with Gasteiger partial charge in [0.15, 0.2) is 0 Å². The van der Waals surface area contributed by atoms with Crippen molar-refractivity contribution in [2.75, 3.05) is 10.6 Å². The molecular weight excluding hydrogens is 404 g/mol. The molecule has 3 aromatic rings. The Morgan fingerprint density at radius 1 is 1.00 bits per heavy atom. The van der Waals surface area contributed by atoms with Crippen LogP contribution in [0.2, 0.25) is 0 Å². The van der Waals surface area contributed by atoms with Crippen molar-refractivity contribution in [3.63, 3.8) is 0 Å². The number of aromatic nitrogens is 3. The van der Waals surface area contributed by atoms with Crippen LogP contribution < -0.4 is 16.2 Å². The van der Waals surface area contributed by atoms with Crippen LogP contribution in [-0.2, 0) is 13.0 Å². The third-order valence-corrected chi connectivity index (χ3v) is 4.72. The summed E-state index contributed by atoms with van der Waals surface area (Å²) in [4.78, 5) is 17.0. The molecule has 0 bridgehead atoms. The van der Waals surface area contributed by atoms with Gasteiger partial charge in [-0.25, -0.2) is 4.68 Å². The molecule has 9 heteroatoms. The molecule has 0 atom stereocenters. The Bertz CT molecular complexity index is 1300. The van der Waals surface area contributed by atoms with Crippen molar-refractivity contribution < 1.29 is 0 Å². The molecule has 0 radical (unpaired) electrons. The second-order valence-corrected chi connectivity index (χ2v) is 7.11. The predicted molar refractivity (Wildman–Crippen MR) is 119 cm³/mol. The molecule has 32 heavy (non-hydrogen) atoms. The first-order valence-corrected chi connectivity index (χ1v) is 9.82. The van der Waals surface area contributed by atoms with Crippen LogP contribution in [0.4, 0.5) is 23.1 Å². The van der Waals surface area contributed by atoms with E-state index in [4.69, 9.17) is 15.8 Å². The van der Waals surface area contributed by atoms with Crippen molar-refractivity contribution in [3.8, 4) is 18.2 Å². The third kappa shape index (κ3) is 5.08. The first-order chi connectivity index (χ1) is 15.4. The fourth-order valence-corrected chi connectivity index (χ4v) is 3.24. The third-order valence-electron chi connectivity index (χ3n) is 4.72. The van der Waals surface area contributed by atoms with Crippen molar-refractivity contribution in [3.05, 3.63) is 69.0 Å². The summed E-state index contributed by atoms with van der Waals surface area (Å²) in [5.74, 6) is 0.162. The molecular formula is C23H20N8O. The fraction of sp³-hybridized carbons (Fsp3) is 0.217. The van der Waals surface area contributed by atoms with Gasteiger partial charge in [0.05, 0.1) is 23.8 Å². The molecule has 3 rings (SSSR count). The van der Waals surface area contributed by atoms with E-state index in [1.165, 1.54) is 0 Å². The minimum Gasteiger partial charge on any atom is -0.335 e. The Balaban J connectivity index is 1.96. The zero-order valence-corrected chi connectivity index (χ0v) is 17.7. The Morgan fingerprint density at radius 3 is 2.28 bits per heavy atom. The van der Waals surface area contributed by atoms with Crippen molar-refractivity contribution in [1.29, 1.82) is 15.8 Å². The maximum absolute atomic E-state index is 12.7. The number of hydrogen-bond acceptors (Lipinski definition) is 8. The Kier molecular flexibility index (Phi) is 6.80. The van der Waals surface area contributed by atoms with Gasteiger partial charge in [-0.2, -0.15) is 20.8 Å². The summed E-state index contributed by atoms with van der Waals surface area (Å²) in [6.07, 6.45) is 1.11. The van der Waals surface area contributed by atoms with Gasteiger partial charge < -0.3 is 10.6 Å². The van der Waals surface area contributed by atoms with E-state index in [1.54, 1.807) is 24.3 Å². The number of nitriles is 3. The Morgan fingerprint density at radius 2 is 1.69 bits per heavy atom. The van der Waals surface area contributed by atoms with E-state index in [9.17, 15) is 4.79 Å². The molecule has 0 saturated carbocycles. The van der Waals surface area contributed by atoms with E-state index in [1.807, 2.05) is 38.1 Å². The summed E-state index contributed by atoms with van der Waals surface area (Å²) in [7, 11) is 0. The lowest BCUT2D eigenvalue weighted by Gasteiger charge is -2.15. The van der Waals surface area contributed by atoms with E-state index in [2.05, 4.69) is 26.8 Å². The van der Waals surface area contributed by atoms with Gasteiger partial charge >= 0.3 is 5.56 Å². The highest BCUT2D eigenvalue weighted by molar-refractivity contribution is 5.65. The summed E-state index contributed by atoms with van der Waals surface area (Å²) in [6, 6.07) is 16.7. The highest BCUT2D eigenvalue weighted by atomic mass is 16.1. The van der Waals surface area contributed by atoms with Crippen molar-refractivity contribution in [2.45, 2.75) is 33.2 Å². The van der Waals surface area contributed by atoms with E-state index in [0.717, 1.165) is 27.1 Å². The fourth-order valence-electron chi connectivity index (χ4n) is 3.24. The van der Waals surface area contributed by atoms with Gasteiger partial charge in [-0.3, -0.25) is 4.79 Å². The standard InChI is InChI=1S/C23H20N8O/c1-15-12-18(4-3-9-24)13-16(2)20(15)28-23-29-21(22(32)31(30-23)11-10-25)27-19-7-5-17(14-26)6-8-19/h5-8,12-13H,3-4,11H2,1-2H3,(H2,27,28,29,30). The average Bonchev–Trinajstić information content (AvgIpc) is 2.78. The molecule has 9 nitrogen and oxygen atoms in total. The van der Waals surface area contributed by atoms with Crippen LogP contribution in [0.1, 0.15) is 28.7 Å². The van der Waals surface area contributed by atoms with Gasteiger partial charge in [0.2, 0.25) is 11.8 Å².